The molecule has 0 saturated heterocycles. The molecule has 0 bridgehead atoms. The zero-order valence-corrected chi connectivity index (χ0v) is 11.4. The SMILES string of the molecule is CN(C)Cc1cccc(NCc2ccc(CO)o2)c1. The van der Waals surface area contributed by atoms with E-state index < -0.39 is 0 Å². The highest BCUT2D eigenvalue weighted by Crippen LogP contribution is 2.14. The van der Waals surface area contributed by atoms with E-state index in [2.05, 4.69) is 36.4 Å². The summed E-state index contributed by atoms with van der Waals surface area (Å²) in [5.74, 6) is 1.42. The van der Waals surface area contributed by atoms with Gasteiger partial charge in [-0.1, -0.05) is 12.1 Å². The molecule has 0 spiro atoms. The van der Waals surface area contributed by atoms with Gasteiger partial charge in [0.05, 0.1) is 6.54 Å². The smallest absolute Gasteiger partial charge is 0.129 e. The number of furan rings is 1. The van der Waals surface area contributed by atoms with Gasteiger partial charge in [0.25, 0.3) is 0 Å². The van der Waals surface area contributed by atoms with Crippen LogP contribution in [0.4, 0.5) is 5.69 Å². The Labute approximate surface area is 113 Å². The third-order valence-corrected chi connectivity index (χ3v) is 2.77. The lowest BCUT2D eigenvalue weighted by atomic mass is 10.2. The van der Waals surface area contributed by atoms with Gasteiger partial charge in [0.15, 0.2) is 0 Å². The number of aliphatic hydroxyl groups is 1. The maximum atomic E-state index is 8.94. The average Bonchev–Trinajstić information content (AvgIpc) is 2.84. The molecule has 1 aromatic carbocycles. The van der Waals surface area contributed by atoms with E-state index in [1.54, 1.807) is 6.07 Å². The molecule has 0 radical (unpaired) electrons. The van der Waals surface area contributed by atoms with Crippen LogP contribution in [0.2, 0.25) is 0 Å². The van der Waals surface area contributed by atoms with Gasteiger partial charge in [0.1, 0.15) is 18.1 Å². The first kappa shape index (κ1) is 13.6. The fourth-order valence-electron chi connectivity index (χ4n) is 1.94. The van der Waals surface area contributed by atoms with E-state index >= 15 is 0 Å². The van der Waals surface area contributed by atoms with E-state index in [1.165, 1.54) is 5.56 Å². The Morgan fingerprint density at radius 3 is 2.63 bits per heavy atom. The molecule has 2 N–H and O–H groups in total. The van der Waals surface area contributed by atoms with Gasteiger partial charge in [0.2, 0.25) is 0 Å². The minimum absolute atomic E-state index is 0.0572. The number of hydrogen-bond donors (Lipinski definition) is 2. The molecule has 4 heteroatoms. The molecule has 19 heavy (non-hydrogen) atoms. The van der Waals surface area contributed by atoms with Crippen LogP contribution in [0.5, 0.6) is 0 Å². The summed E-state index contributed by atoms with van der Waals surface area (Å²) in [6.07, 6.45) is 0. The van der Waals surface area contributed by atoms with Crippen molar-refractivity contribution in [3.63, 3.8) is 0 Å². The van der Waals surface area contributed by atoms with Crippen LogP contribution in [0, 0.1) is 0 Å². The zero-order chi connectivity index (χ0) is 13.7. The molecule has 1 aromatic heterocycles. The third-order valence-electron chi connectivity index (χ3n) is 2.77. The minimum atomic E-state index is -0.0572. The first-order valence-electron chi connectivity index (χ1n) is 6.33. The van der Waals surface area contributed by atoms with E-state index in [-0.39, 0.29) is 6.61 Å². The first-order valence-corrected chi connectivity index (χ1v) is 6.33. The van der Waals surface area contributed by atoms with Crippen molar-refractivity contribution < 1.29 is 9.52 Å². The van der Waals surface area contributed by atoms with Crippen LogP contribution in [0.15, 0.2) is 40.8 Å². The molecule has 0 unspecified atom stereocenters. The van der Waals surface area contributed by atoms with E-state index in [0.29, 0.717) is 12.3 Å². The first-order chi connectivity index (χ1) is 9.17. The Morgan fingerprint density at radius 1 is 1.16 bits per heavy atom. The van der Waals surface area contributed by atoms with Crippen molar-refractivity contribution in [3.8, 4) is 0 Å². The van der Waals surface area contributed by atoms with Crippen LogP contribution in [0.3, 0.4) is 0 Å². The predicted molar refractivity (Wildman–Crippen MR) is 75.8 cm³/mol. The second kappa shape index (κ2) is 6.41. The summed E-state index contributed by atoms with van der Waals surface area (Å²) in [5, 5.41) is 12.3. The summed E-state index contributed by atoms with van der Waals surface area (Å²) in [4.78, 5) is 2.14. The standard InChI is InChI=1S/C15H20N2O2/c1-17(2)10-12-4-3-5-13(8-12)16-9-14-6-7-15(11-18)19-14/h3-8,16,18H,9-11H2,1-2H3. The van der Waals surface area contributed by atoms with Crippen molar-refractivity contribution in [2.75, 3.05) is 19.4 Å². The lowest BCUT2D eigenvalue weighted by molar-refractivity contribution is 0.244. The summed E-state index contributed by atoms with van der Waals surface area (Å²) in [7, 11) is 4.11. The van der Waals surface area contributed by atoms with Gasteiger partial charge in [-0.05, 0) is 43.9 Å². The predicted octanol–water partition coefficient (Wildman–Crippen LogP) is 2.45. The number of nitrogens with one attached hydrogen (secondary N) is 1. The van der Waals surface area contributed by atoms with Gasteiger partial charge in [-0.15, -0.1) is 0 Å². The Morgan fingerprint density at radius 2 is 1.95 bits per heavy atom. The number of anilines is 1. The molecule has 2 aromatic rings. The van der Waals surface area contributed by atoms with Crippen molar-refractivity contribution >= 4 is 5.69 Å². The maximum absolute atomic E-state index is 8.94. The van der Waals surface area contributed by atoms with Gasteiger partial charge < -0.3 is 19.7 Å². The quantitative estimate of drug-likeness (QED) is 0.837. The average molecular weight is 260 g/mol. The summed E-state index contributed by atoms with van der Waals surface area (Å²) >= 11 is 0. The van der Waals surface area contributed by atoms with Crippen LogP contribution in [0.1, 0.15) is 17.1 Å². The summed E-state index contributed by atoms with van der Waals surface area (Å²) in [5.41, 5.74) is 2.34. The zero-order valence-electron chi connectivity index (χ0n) is 11.4. The van der Waals surface area contributed by atoms with Crippen molar-refractivity contribution in [2.45, 2.75) is 19.7 Å². The largest absolute Gasteiger partial charge is 0.462 e. The Bertz CT molecular complexity index is 520. The summed E-state index contributed by atoms with van der Waals surface area (Å²) in [6, 6.07) is 12.0. The highest BCUT2D eigenvalue weighted by Gasteiger charge is 2.02. The number of benzene rings is 1. The van der Waals surface area contributed by atoms with Crippen LogP contribution in [0.25, 0.3) is 0 Å². The highest BCUT2D eigenvalue weighted by atomic mass is 16.4. The summed E-state index contributed by atoms with van der Waals surface area (Å²) < 4.78 is 5.43. The van der Waals surface area contributed by atoms with Gasteiger partial charge >= 0.3 is 0 Å². The lowest BCUT2D eigenvalue weighted by Crippen LogP contribution is -2.10. The Balaban J connectivity index is 1.95. The molecular weight excluding hydrogens is 240 g/mol. The lowest BCUT2D eigenvalue weighted by Gasteiger charge is -2.11. The van der Waals surface area contributed by atoms with Gasteiger partial charge in [-0.25, -0.2) is 0 Å². The Kier molecular flexibility index (Phi) is 4.60. The van der Waals surface area contributed by atoms with Crippen molar-refractivity contribution in [1.29, 1.82) is 0 Å². The van der Waals surface area contributed by atoms with Crippen LogP contribution in [-0.2, 0) is 19.7 Å². The van der Waals surface area contributed by atoms with Gasteiger partial charge in [-0.3, -0.25) is 0 Å². The molecule has 102 valence electrons. The molecule has 0 aliphatic carbocycles. The topological polar surface area (TPSA) is 48.6 Å². The number of aliphatic hydroxyl groups excluding tert-OH is 1. The van der Waals surface area contributed by atoms with Crippen molar-refractivity contribution in [2.24, 2.45) is 0 Å². The monoisotopic (exact) mass is 260 g/mol. The molecule has 4 nitrogen and oxygen atoms in total. The number of nitrogens with zero attached hydrogens (tertiary/aromatic N) is 1. The molecular formula is C15H20N2O2. The molecule has 0 atom stereocenters. The van der Waals surface area contributed by atoms with E-state index in [9.17, 15) is 0 Å². The van der Waals surface area contributed by atoms with Gasteiger partial charge in [-0.2, -0.15) is 0 Å². The second-order valence-corrected chi connectivity index (χ2v) is 4.82. The molecule has 2 rings (SSSR count). The molecule has 0 aliphatic heterocycles. The molecule has 0 aliphatic rings. The number of hydrogen-bond acceptors (Lipinski definition) is 4. The van der Waals surface area contributed by atoms with E-state index in [1.807, 2.05) is 18.2 Å². The van der Waals surface area contributed by atoms with E-state index in [4.69, 9.17) is 9.52 Å². The normalized spacial score (nSPS) is 10.9. The van der Waals surface area contributed by atoms with E-state index in [0.717, 1.165) is 18.0 Å². The van der Waals surface area contributed by atoms with Crippen molar-refractivity contribution in [1.82, 2.24) is 4.90 Å². The van der Waals surface area contributed by atoms with Crippen LogP contribution in [-0.4, -0.2) is 24.1 Å². The molecule has 1 heterocycles. The van der Waals surface area contributed by atoms with Crippen LogP contribution >= 0.6 is 0 Å². The molecule has 0 fully saturated rings. The van der Waals surface area contributed by atoms with Crippen LogP contribution < -0.4 is 5.32 Å². The maximum Gasteiger partial charge on any atom is 0.129 e. The summed E-state index contributed by atoms with van der Waals surface area (Å²) in [6.45, 7) is 1.48. The Hall–Kier alpha value is -1.78. The fraction of sp³-hybridized carbons (Fsp3) is 0.333. The fourth-order valence-corrected chi connectivity index (χ4v) is 1.94. The third kappa shape index (κ3) is 4.12. The van der Waals surface area contributed by atoms with Gasteiger partial charge in [0, 0.05) is 12.2 Å². The molecule has 0 amide bonds. The van der Waals surface area contributed by atoms with Crippen molar-refractivity contribution in [3.05, 3.63) is 53.5 Å². The minimum Gasteiger partial charge on any atom is -0.462 e. The molecule has 0 saturated carbocycles. The number of rotatable bonds is 6. The highest BCUT2D eigenvalue weighted by molar-refractivity contribution is 5.45. The second-order valence-electron chi connectivity index (χ2n) is 4.82.